The number of ether oxygens (including phenoxy) is 3. The fourth-order valence-corrected chi connectivity index (χ4v) is 10.2. The SMILES string of the molecule is CCn1c(-c2cccnc2[C@H](C)OC)c2c3cc(ccc31)-c1cc(O)cc(c1)C[C@H](NC(=O)[C@H](C(C)C)N(C)C(=O)[C@H]1CCN(C(=O)OC3CC3)C1)C(=O)N1CCC[C@H](N1)C(=O)OCC(C)(C)C2. The van der Waals surface area contributed by atoms with E-state index in [2.05, 4.69) is 54.3 Å². The summed E-state index contributed by atoms with van der Waals surface area (Å²) in [5.41, 5.74) is 9.54. The number of fused-ring (bicyclic) bond motifs is 6. The Labute approximate surface area is 398 Å². The predicted molar refractivity (Wildman–Crippen MR) is 256 cm³/mol. The summed E-state index contributed by atoms with van der Waals surface area (Å²) < 4.78 is 19.7. The van der Waals surface area contributed by atoms with Gasteiger partial charge in [-0.2, -0.15) is 0 Å². The number of rotatable bonds is 10. The zero-order valence-electron chi connectivity index (χ0n) is 40.7. The van der Waals surface area contributed by atoms with Crippen molar-refractivity contribution >= 4 is 40.7 Å². The molecular formula is C52H67N7O9. The Balaban J connectivity index is 1.17. The number of carbonyl (C=O) groups is 5. The van der Waals surface area contributed by atoms with E-state index < -0.39 is 53.3 Å². The Hall–Kier alpha value is -6.00. The second kappa shape index (κ2) is 19.9. The number of cyclic esters (lactones) is 1. The molecule has 4 aliphatic rings. The van der Waals surface area contributed by atoms with Crippen molar-refractivity contribution in [1.82, 2.24) is 35.1 Å². The average Bonchev–Trinajstić information content (AvgIpc) is 3.90. The molecule has 0 spiro atoms. The van der Waals surface area contributed by atoms with Crippen LogP contribution in [0.25, 0.3) is 33.3 Å². The molecule has 2 saturated heterocycles. The van der Waals surface area contributed by atoms with E-state index in [1.165, 1.54) is 9.91 Å². The minimum Gasteiger partial charge on any atom is -0.508 e. The third-order valence-corrected chi connectivity index (χ3v) is 13.9. The molecule has 6 bridgehead atoms. The summed E-state index contributed by atoms with van der Waals surface area (Å²) in [4.78, 5) is 77.8. The molecule has 4 amide bonds. The van der Waals surface area contributed by atoms with Gasteiger partial charge >= 0.3 is 12.1 Å². The molecule has 3 fully saturated rings. The highest BCUT2D eigenvalue weighted by Crippen LogP contribution is 2.42. The number of pyridine rings is 1. The van der Waals surface area contributed by atoms with Crippen molar-refractivity contribution in [3.63, 3.8) is 0 Å². The van der Waals surface area contributed by atoms with Gasteiger partial charge in [-0.25, -0.2) is 10.2 Å². The summed E-state index contributed by atoms with van der Waals surface area (Å²) in [6.07, 6.45) is 4.63. The molecule has 68 heavy (non-hydrogen) atoms. The average molecular weight is 934 g/mol. The molecule has 364 valence electrons. The number of phenolic OH excluding ortho intramolecular Hbond substituents is 1. The van der Waals surface area contributed by atoms with E-state index in [1.807, 2.05) is 39.0 Å². The van der Waals surface area contributed by atoms with Gasteiger partial charge in [0.05, 0.1) is 30.0 Å². The van der Waals surface area contributed by atoms with E-state index >= 15 is 0 Å². The fourth-order valence-electron chi connectivity index (χ4n) is 10.2. The second-order valence-corrected chi connectivity index (χ2v) is 20.2. The molecule has 0 unspecified atom stereocenters. The van der Waals surface area contributed by atoms with Crippen molar-refractivity contribution in [3.8, 4) is 28.1 Å². The summed E-state index contributed by atoms with van der Waals surface area (Å²) in [5, 5.41) is 16.7. The van der Waals surface area contributed by atoms with Gasteiger partial charge in [0, 0.05) is 74.8 Å². The van der Waals surface area contributed by atoms with Gasteiger partial charge in [0.25, 0.3) is 5.91 Å². The predicted octanol–water partition coefficient (Wildman–Crippen LogP) is 6.56. The molecule has 3 N–H and O–H groups in total. The van der Waals surface area contributed by atoms with Crippen LogP contribution in [0.4, 0.5) is 4.79 Å². The number of nitrogens with zero attached hydrogens (tertiary/aromatic N) is 5. The number of aromatic hydroxyl groups is 1. The quantitative estimate of drug-likeness (QED) is 0.147. The molecule has 0 radical (unpaired) electrons. The van der Waals surface area contributed by atoms with E-state index in [-0.39, 0.29) is 55.9 Å². The molecule has 3 aliphatic heterocycles. The summed E-state index contributed by atoms with van der Waals surface area (Å²) >= 11 is 0. The molecule has 5 atom stereocenters. The van der Waals surface area contributed by atoms with Gasteiger partial charge in [-0.05, 0) is 117 Å². The van der Waals surface area contributed by atoms with Crippen molar-refractivity contribution in [2.45, 2.75) is 123 Å². The smallest absolute Gasteiger partial charge is 0.410 e. The maximum atomic E-state index is 14.8. The topological polar surface area (TPSA) is 185 Å². The number of aryl methyl sites for hydroxylation is 1. The van der Waals surface area contributed by atoms with Crippen LogP contribution in [0, 0.1) is 17.3 Å². The number of likely N-dealkylation sites (tertiary alicyclic amines) is 1. The van der Waals surface area contributed by atoms with Crippen LogP contribution in [-0.2, 0) is 52.8 Å². The molecule has 2 aromatic carbocycles. The molecule has 8 rings (SSSR count). The minimum absolute atomic E-state index is 0.0119. The van der Waals surface area contributed by atoms with Crippen LogP contribution < -0.4 is 10.7 Å². The van der Waals surface area contributed by atoms with Crippen molar-refractivity contribution in [3.05, 3.63) is 71.5 Å². The van der Waals surface area contributed by atoms with Gasteiger partial charge in [0.2, 0.25) is 11.8 Å². The van der Waals surface area contributed by atoms with Gasteiger partial charge in [-0.1, -0.05) is 39.8 Å². The Morgan fingerprint density at radius 3 is 2.53 bits per heavy atom. The number of benzene rings is 2. The number of amides is 4. The van der Waals surface area contributed by atoms with E-state index in [0.717, 1.165) is 51.8 Å². The number of esters is 1. The van der Waals surface area contributed by atoms with Crippen LogP contribution in [-0.4, -0.2) is 124 Å². The van der Waals surface area contributed by atoms with Gasteiger partial charge in [0.15, 0.2) is 0 Å². The Kier molecular flexibility index (Phi) is 14.2. The fraction of sp³-hybridized carbons (Fsp3) is 0.538. The number of carbonyl (C=O) groups excluding carboxylic acids is 5. The van der Waals surface area contributed by atoms with Gasteiger partial charge in [0.1, 0.15) is 30.0 Å². The lowest BCUT2D eigenvalue weighted by Crippen LogP contribution is -2.62. The van der Waals surface area contributed by atoms with Crippen LogP contribution in [0.15, 0.2) is 54.7 Å². The third kappa shape index (κ3) is 10.2. The van der Waals surface area contributed by atoms with Gasteiger partial charge in [-0.15, -0.1) is 0 Å². The zero-order chi connectivity index (χ0) is 48.6. The first-order valence-electron chi connectivity index (χ1n) is 24.2. The number of hydrazine groups is 1. The first-order chi connectivity index (χ1) is 32.5. The first kappa shape index (κ1) is 48.5. The lowest BCUT2D eigenvalue weighted by atomic mass is 9.84. The van der Waals surface area contributed by atoms with Crippen LogP contribution in [0.3, 0.4) is 0 Å². The summed E-state index contributed by atoms with van der Waals surface area (Å²) in [5.74, 6) is -2.64. The second-order valence-electron chi connectivity index (χ2n) is 20.2. The van der Waals surface area contributed by atoms with Crippen LogP contribution in [0.5, 0.6) is 5.75 Å². The molecule has 1 aliphatic carbocycles. The van der Waals surface area contributed by atoms with E-state index in [9.17, 15) is 29.1 Å². The van der Waals surface area contributed by atoms with Crippen molar-refractivity contribution < 1.29 is 43.3 Å². The highest BCUT2D eigenvalue weighted by molar-refractivity contribution is 5.96. The monoisotopic (exact) mass is 934 g/mol. The summed E-state index contributed by atoms with van der Waals surface area (Å²) in [6, 6.07) is 12.5. The maximum absolute atomic E-state index is 14.8. The highest BCUT2D eigenvalue weighted by Gasteiger charge is 2.41. The number of methoxy groups -OCH3 is 1. The van der Waals surface area contributed by atoms with Crippen LogP contribution >= 0.6 is 0 Å². The van der Waals surface area contributed by atoms with E-state index in [0.29, 0.717) is 49.9 Å². The van der Waals surface area contributed by atoms with Crippen molar-refractivity contribution in [1.29, 1.82) is 0 Å². The highest BCUT2D eigenvalue weighted by atomic mass is 16.6. The molecule has 4 aromatic rings. The van der Waals surface area contributed by atoms with Gasteiger partial charge in [-0.3, -0.25) is 29.2 Å². The zero-order valence-corrected chi connectivity index (χ0v) is 40.7. The Morgan fingerprint density at radius 2 is 1.81 bits per heavy atom. The van der Waals surface area contributed by atoms with Crippen molar-refractivity contribution in [2.75, 3.05) is 40.4 Å². The normalized spacial score (nSPS) is 21.8. The molecule has 1 saturated carbocycles. The summed E-state index contributed by atoms with van der Waals surface area (Å²) in [7, 11) is 3.26. The Morgan fingerprint density at radius 1 is 1.03 bits per heavy atom. The van der Waals surface area contributed by atoms with Crippen molar-refractivity contribution in [2.24, 2.45) is 17.3 Å². The lowest BCUT2D eigenvalue weighted by molar-refractivity contribution is -0.155. The number of aromatic nitrogens is 2. The number of nitrogens with one attached hydrogen (secondary N) is 2. The third-order valence-electron chi connectivity index (χ3n) is 13.9. The van der Waals surface area contributed by atoms with E-state index in [1.54, 1.807) is 37.4 Å². The van der Waals surface area contributed by atoms with Gasteiger partial charge < -0.3 is 39.0 Å². The molecule has 16 nitrogen and oxygen atoms in total. The standard InChI is InChI=1S/C52H67N7O9/c1-9-58-43-17-14-33-26-39(43)40(46(58)38-12-10-19-53-44(38)31(4)66-8)27-52(5,6)29-67-50(64)41-13-11-20-59(55-41)49(63)42(24-32-22-35(33)25-36(60)23-32)54-47(61)45(30(2)3)56(7)48(62)34-18-21-57(28-34)51(65)68-37-15-16-37/h10,12,14,17,19,22-23,25-26,30-31,34,37,41-42,45,55,60H,9,11,13,15-16,18,20-21,24,27-29H2,1-8H3,(H,54,61)/t31-,34-,41-,42-,45-/m0/s1. The largest absolute Gasteiger partial charge is 0.508 e. The maximum Gasteiger partial charge on any atom is 0.410 e. The minimum atomic E-state index is -1.17. The number of hydrogen-bond acceptors (Lipinski definition) is 11. The van der Waals surface area contributed by atoms with E-state index in [4.69, 9.17) is 19.2 Å². The molecule has 5 heterocycles. The Bertz CT molecular complexity index is 2570. The number of phenols is 1. The number of likely N-dealkylation sites (N-methyl/N-ethyl adjacent to an activating group) is 1. The molecular weight excluding hydrogens is 867 g/mol. The molecule has 16 heteroatoms. The first-order valence-corrected chi connectivity index (χ1v) is 24.2. The number of hydrogen-bond donors (Lipinski definition) is 3. The summed E-state index contributed by atoms with van der Waals surface area (Å²) in [6.45, 7) is 13.5. The molecule has 2 aromatic heterocycles. The van der Waals surface area contributed by atoms with Crippen LogP contribution in [0.1, 0.15) is 96.6 Å². The lowest BCUT2D eigenvalue weighted by Gasteiger charge is -2.37. The van der Waals surface area contributed by atoms with Crippen LogP contribution in [0.2, 0.25) is 0 Å².